The molecule has 16 heavy (non-hydrogen) atoms. The highest BCUT2D eigenvalue weighted by Crippen LogP contribution is 2.25. The number of rotatable bonds is 2. The SMILES string of the molecule is O=C(O)C(=O)c1ccc(O)c2ncccc12. The summed E-state index contributed by atoms with van der Waals surface area (Å²) in [5.41, 5.74) is 0.239. The molecular formula is C11H7NO4. The molecule has 0 aliphatic heterocycles. The van der Waals surface area contributed by atoms with Gasteiger partial charge in [0, 0.05) is 17.1 Å². The number of carbonyl (C=O) groups excluding carboxylic acids is 1. The number of carbonyl (C=O) groups is 2. The van der Waals surface area contributed by atoms with Crippen LogP contribution in [-0.2, 0) is 4.79 Å². The lowest BCUT2D eigenvalue weighted by Gasteiger charge is -2.03. The molecule has 0 radical (unpaired) electrons. The summed E-state index contributed by atoms with van der Waals surface area (Å²) >= 11 is 0. The molecule has 1 heterocycles. The Balaban J connectivity index is 2.77. The molecule has 0 saturated carbocycles. The van der Waals surface area contributed by atoms with Gasteiger partial charge in [-0.2, -0.15) is 0 Å². The van der Waals surface area contributed by atoms with Crippen LogP contribution in [0.3, 0.4) is 0 Å². The van der Waals surface area contributed by atoms with Crippen molar-refractivity contribution in [3.8, 4) is 5.75 Å². The van der Waals surface area contributed by atoms with Gasteiger partial charge >= 0.3 is 5.97 Å². The topological polar surface area (TPSA) is 87.5 Å². The Morgan fingerprint density at radius 3 is 2.62 bits per heavy atom. The van der Waals surface area contributed by atoms with E-state index in [0.29, 0.717) is 5.39 Å². The lowest BCUT2D eigenvalue weighted by atomic mass is 10.0. The summed E-state index contributed by atoms with van der Waals surface area (Å²) in [6.45, 7) is 0. The lowest BCUT2D eigenvalue weighted by Crippen LogP contribution is -2.13. The number of nitrogens with zero attached hydrogens (tertiary/aromatic N) is 1. The van der Waals surface area contributed by atoms with Crippen LogP contribution >= 0.6 is 0 Å². The van der Waals surface area contributed by atoms with Crippen molar-refractivity contribution in [2.45, 2.75) is 0 Å². The van der Waals surface area contributed by atoms with E-state index in [0.717, 1.165) is 0 Å². The second kappa shape index (κ2) is 3.62. The number of aliphatic carboxylic acids is 1. The molecule has 1 aromatic carbocycles. The van der Waals surface area contributed by atoms with E-state index >= 15 is 0 Å². The maximum Gasteiger partial charge on any atom is 0.377 e. The maximum atomic E-state index is 11.4. The molecule has 0 bridgehead atoms. The van der Waals surface area contributed by atoms with Gasteiger partial charge in [0.15, 0.2) is 0 Å². The van der Waals surface area contributed by atoms with E-state index < -0.39 is 11.8 Å². The van der Waals surface area contributed by atoms with E-state index in [1.807, 2.05) is 0 Å². The monoisotopic (exact) mass is 217 g/mol. The predicted octanol–water partition coefficient (Wildman–Crippen LogP) is 1.21. The molecule has 0 unspecified atom stereocenters. The zero-order valence-electron chi connectivity index (χ0n) is 8.04. The minimum atomic E-state index is -1.53. The molecule has 0 atom stereocenters. The summed E-state index contributed by atoms with van der Waals surface area (Å²) in [5, 5.41) is 18.5. The minimum absolute atomic E-state index is 0.0217. The average molecular weight is 217 g/mol. The van der Waals surface area contributed by atoms with Crippen LogP contribution in [0.15, 0.2) is 30.5 Å². The molecule has 0 amide bonds. The number of phenols is 1. The van der Waals surface area contributed by atoms with Gasteiger partial charge in [-0.3, -0.25) is 9.78 Å². The van der Waals surface area contributed by atoms with Gasteiger partial charge in [-0.05, 0) is 18.2 Å². The Morgan fingerprint density at radius 2 is 1.94 bits per heavy atom. The molecule has 5 heteroatoms. The summed E-state index contributed by atoms with van der Waals surface area (Å²) in [4.78, 5) is 25.8. The number of hydrogen-bond acceptors (Lipinski definition) is 4. The Hall–Kier alpha value is -2.43. The molecule has 0 aliphatic rings. The third-order valence-corrected chi connectivity index (χ3v) is 2.19. The van der Waals surface area contributed by atoms with E-state index in [9.17, 15) is 14.7 Å². The molecule has 1 aromatic heterocycles. The van der Waals surface area contributed by atoms with Gasteiger partial charge in [0.05, 0.1) is 0 Å². The summed E-state index contributed by atoms with van der Waals surface area (Å²) in [5.74, 6) is -2.63. The molecule has 0 spiro atoms. The van der Waals surface area contributed by atoms with Crippen molar-refractivity contribution >= 4 is 22.7 Å². The first-order chi connectivity index (χ1) is 7.61. The molecule has 0 saturated heterocycles. The Bertz CT molecular complexity index is 592. The van der Waals surface area contributed by atoms with E-state index in [1.54, 1.807) is 6.07 Å². The highest BCUT2D eigenvalue weighted by atomic mass is 16.4. The van der Waals surface area contributed by atoms with Gasteiger partial charge < -0.3 is 10.2 Å². The quantitative estimate of drug-likeness (QED) is 0.583. The smallest absolute Gasteiger partial charge is 0.377 e. The van der Waals surface area contributed by atoms with Crippen LogP contribution in [0.1, 0.15) is 10.4 Å². The summed E-state index contributed by atoms with van der Waals surface area (Å²) < 4.78 is 0. The Kier molecular flexibility index (Phi) is 2.28. The fourth-order valence-electron chi connectivity index (χ4n) is 1.47. The van der Waals surface area contributed by atoms with Crippen molar-refractivity contribution in [3.63, 3.8) is 0 Å². The number of carboxylic acid groups (broad SMARTS) is 1. The van der Waals surface area contributed by atoms with E-state index in [4.69, 9.17) is 5.11 Å². The standard InChI is InChI=1S/C11H7NO4/c13-8-4-3-7(10(14)11(15)16)6-2-1-5-12-9(6)8/h1-5,13H,(H,15,16). The van der Waals surface area contributed by atoms with Gasteiger partial charge in [0.25, 0.3) is 5.78 Å². The Labute approximate surface area is 90.0 Å². The van der Waals surface area contributed by atoms with Crippen molar-refractivity contribution in [3.05, 3.63) is 36.0 Å². The largest absolute Gasteiger partial charge is 0.506 e. The van der Waals surface area contributed by atoms with Crippen LogP contribution in [0.2, 0.25) is 0 Å². The minimum Gasteiger partial charge on any atom is -0.506 e. The third kappa shape index (κ3) is 1.48. The molecule has 0 aliphatic carbocycles. The van der Waals surface area contributed by atoms with Gasteiger partial charge in [-0.1, -0.05) is 6.07 Å². The lowest BCUT2D eigenvalue weighted by molar-refractivity contribution is -0.131. The van der Waals surface area contributed by atoms with Crippen LogP contribution in [0.5, 0.6) is 5.75 Å². The number of fused-ring (bicyclic) bond motifs is 1. The zero-order chi connectivity index (χ0) is 11.7. The molecule has 2 rings (SSSR count). The highest BCUT2D eigenvalue weighted by Gasteiger charge is 2.18. The molecule has 2 aromatic rings. The number of aromatic hydroxyl groups is 1. The summed E-state index contributed by atoms with van der Waals surface area (Å²) in [6.07, 6.45) is 1.46. The highest BCUT2D eigenvalue weighted by molar-refractivity contribution is 6.42. The number of carboxylic acids is 1. The van der Waals surface area contributed by atoms with Crippen LogP contribution in [-0.4, -0.2) is 26.9 Å². The van der Waals surface area contributed by atoms with E-state index in [2.05, 4.69) is 4.98 Å². The molecule has 0 fully saturated rings. The fourth-order valence-corrected chi connectivity index (χ4v) is 1.47. The van der Waals surface area contributed by atoms with Gasteiger partial charge in [0.1, 0.15) is 11.3 Å². The number of phenolic OH excluding ortho intramolecular Hbond substituents is 1. The van der Waals surface area contributed by atoms with Crippen molar-refractivity contribution in [2.75, 3.05) is 0 Å². The maximum absolute atomic E-state index is 11.4. The average Bonchev–Trinajstić information content (AvgIpc) is 2.29. The molecule has 80 valence electrons. The van der Waals surface area contributed by atoms with Crippen molar-refractivity contribution in [1.82, 2.24) is 4.98 Å². The zero-order valence-corrected chi connectivity index (χ0v) is 8.04. The van der Waals surface area contributed by atoms with Crippen molar-refractivity contribution < 1.29 is 19.8 Å². The number of aromatic nitrogens is 1. The second-order valence-electron chi connectivity index (χ2n) is 3.17. The van der Waals surface area contributed by atoms with Gasteiger partial charge in [-0.15, -0.1) is 0 Å². The molecule has 5 nitrogen and oxygen atoms in total. The number of ketones is 1. The normalized spacial score (nSPS) is 10.2. The van der Waals surface area contributed by atoms with Gasteiger partial charge in [-0.25, -0.2) is 4.79 Å². The predicted molar refractivity (Wildman–Crippen MR) is 55.4 cm³/mol. The number of Topliss-reactive ketones (excluding diaryl/α,β-unsaturated/α-hetero) is 1. The first kappa shape index (κ1) is 10.1. The molecule has 2 N–H and O–H groups in total. The summed E-state index contributed by atoms with van der Waals surface area (Å²) in [7, 11) is 0. The number of hydrogen-bond donors (Lipinski definition) is 2. The second-order valence-corrected chi connectivity index (χ2v) is 3.17. The summed E-state index contributed by atoms with van der Waals surface area (Å²) in [6, 6.07) is 5.64. The van der Waals surface area contributed by atoms with Crippen molar-refractivity contribution in [1.29, 1.82) is 0 Å². The number of benzene rings is 1. The van der Waals surface area contributed by atoms with Crippen molar-refractivity contribution in [2.24, 2.45) is 0 Å². The van der Waals surface area contributed by atoms with E-state index in [-0.39, 0.29) is 16.8 Å². The molecular weight excluding hydrogens is 210 g/mol. The third-order valence-electron chi connectivity index (χ3n) is 2.19. The fraction of sp³-hybridized carbons (Fsp3) is 0. The van der Waals surface area contributed by atoms with Crippen LogP contribution in [0.25, 0.3) is 10.9 Å². The van der Waals surface area contributed by atoms with Gasteiger partial charge in [0.2, 0.25) is 0 Å². The Morgan fingerprint density at radius 1 is 1.19 bits per heavy atom. The van der Waals surface area contributed by atoms with Crippen LogP contribution in [0.4, 0.5) is 0 Å². The first-order valence-corrected chi connectivity index (χ1v) is 4.45. The van der Waals surface area contributed by atoms with Crippen LogP contribution < -0.4 is 0 Å². The first-order valence-electron chi connectivity index (χ1n) is 4.45. The van der Waals surface area contributed by atoms with Crippen LogP contribution in [0, 0.1) is 0 Å². The van der Waals surface area contributed by atoms with E-state index in [1.165, 1.54) is 24.4 Å². The number of pyridine rings is 1.